The van der Waals surface area contributed by atoms with Crippen LogP contribution in [0, 0.1) is 5.82 Å². The maximum absolute atomic E-state index is 13.0. The van der Waals surface area contributed by atoms with Gasteiger partial charge in [-0.2, -0.15) is 0 Å². The van der Waals surface area contributed by atoms with Gasteiger partial charge in [-0.05, 0) is 6.07 Å². The predicted molar refractivity (Wildman–Crippen MR) is 57.7 cm³/mol. The monoisotopic (exact) mass is 244 g/mol. The second kappa shape index (κ2) is 4.78. The molecule has 6 heteroatoms. The highest BCUT2D eigenvalue weighted by Gasteiger charge is 2.10. The predicted octanol–water partition coefficient (Wildman–Crippen LogP) is 2.10. The molecule has 2 rings (SSSR count). The lowest BCUT2D eigenvalue weighted by Gasteiger charge is -1.96. The van der Waals surface area contributed by atoms with E-state index in [1.165, 1.54) is 12.1 Å². The molecule has 0 aliphatic carbocycles. The van der Waals surface area contributed by atoms with E-state index in [0.29, 0.717) is 30.1 Å². The van der Waals surface area contributed by atoms with Gasteiger partial charge in [-0.3, -0.25) is 0 Å². The first-order valence-electron chi connectivity index (χ1n) is 4.73. The zero-order valence-corrected chi connectivity index (χ0v) is 9.13. The molecule has 0 aliphatic heterocycles. The topological polar surface area (TPSA) is 61.3 Å². The van der Waals surface area contributed by atoms with Crippen molar-refractivity contribution in [3.8, 4) is 0 Å². The molecule has 0 aliphatic rings. The molecule has 4 nitrogen and oxygen atoms in total. The van der Waals surface area contributed by atoms with Crippen molar-refractivity contribution in [1.82, 2.24) is 4.98 Å². The van der Waals surface area contributed by atoms with Gasteiger partial charge in [0, 0.05) is 12.6 Å². The average Bonchev–Trinajstić information content (AvgIpc) is 2.61. The molecule has 1 heterocycles. The molecule has 0 atom stereocenters. The summed E-state index contributed by atoms with van der Waals surface area (Å²) in [7, 11) is 0. The molecule has 0 radical (unpaired) electrons. The number of fused-ring (bicyclic) bond motifs is 1. The van der Waals surface area contributed by atoms with Crippen LogP contribution in [0.15, 0.2) is 16.5 Å². The van der Waals surface area contributed by atoms with Crippen LogP contribution in [0.5, 0.6) is 0 Å². The first-order valence-corrected chi connectivity index (χ1v) is 5.11. The SMILES string of the molecule is NCCOCc1nc2cc(F)cc(Cl)c2o1. The molecule has 1 aromatic heterocycles. The minimum atomic E-state index is -0.444. The van der Waals surface area contributed by atoms with Crippen molar-refractivity contribution in [2.24, 2.45) is 5.73 Å². The number of nitrogens with zero attached hydrogens (tertiary/aromatic N) is 1. The summed E-state index contributed by atoms with van der Waals surface area (Å²) in [6, 6.07) is 2.44. The highest BCUT2D eigenvalue weighted by molar-refractivity contribution is 6.34. The third-order valence-electron chi connectivity index (χ3n) is 1.94. The largest absolute Gasteiger partial charge is 0.437 e. The van der Waals surface area contributed by atoms with Crippen LogP contribution in [0.25, 0.3) is 11.1 Å². The van der Waals surface area contributed by atoms with E-state index < -0.39 is 5.82 Å². The van der Waals surface area contributed by atoms with Gasteiger partial charge in [-0.15, -0.1) is 0 Å². The fraction of sp³-hybridized carbons (Fsp3) is 0.300. The lowest BCUT2D eigenvalue weighted by atomic mass is 10.3. The summed E-state index contributed by atoms with van der Waals surface area (Å²) >= 11 is 5.80. The fourth-order valence-corrected chi connectivity index (χ4v) is 1.55. The number of ether oxygens (including phenoxy) is 1. The Kier molecular flexibility index (Phi) is 3.38. The van der Waals surface area contributed by atoms with Crippen LogP contribution in [0.4, 0.5) is 4.39 Å². The Hall–Kier alpha value is -1.17. The highest BCUT2D eigenvalue weighted by atomic mass is 35.5. The standard InChI is InChI=1S/C10H10ClFN2O2/c11-7-3-6(12)4-8-10(7)16-9(14-8)5-15-2-1-13/h3-4H,1-2,5,13H2. The number of oxazole rings is 1. The first kappa shape index (κ1) is 11.3. The Morgan fingerprint density at radius 1 is 1.50 bits per heavy atom. The molecule has 0 saturated heterocycles. The first-order chi connectivity index (χ1) is 7.70. The van der Waals surface area contributed by atoms with Gasteiger partial charge in [0.05, 0.1) is 11.6 Å². The molecule has 16 heavy (non-hydrogen) atoms. The lowest BCUT2D eigenvalue weighted by Crippen LogP contribution is -2.08. The molecule has 0 fully saturated rings. The second-order valence-electron chi connectivity index (χ2n) is 3.18. The number of halogens is 2. The minimum absolute atomic E-state index is 0.198. The summed E-state index contributed by atoms with van der Waals surface area (Å²) in [4.78, 5) is 4.05. The molecule has 0 bridgehead atoms. The van der Waals surface area contributed by atoms with Crippen molar-refractivity contribution in [2.75, 3.05) is 13.2 Å². The third kappa shape index (κ3) is 2.32. The van der Waals surface area contributed by atoms with E-state index in [0.717, 1.165) is 0 Å². The maximum Gasteiger partial charge on any atom is 0.221 e. The van der Waals surface area contributed by atoms with E-state index in [2.05, 4.69) is 4.98 Å². The smallest absolute Gasteiger partial charge is 0.221 e. The van der Waals surface area contributed by atoms with Gasteiger partial charge < -0.3 is 14.9 Å². The average molecular weight is 245 g/mol. The van der Waals surface area contributed by atoms with Crippen molar-refractivity contribution in [1.29, 1.82) is 0 Å². The molecule has 0 spiro atoms. The number of benzene rings is 1. The minimum Gasteiger partial charge on any atom is -0.437 e. The Balaban J connectivity index is 2.26. The summed E-state index contributed by atoms with van der Waals surface area (Å²) < 4.78 is 23.5. The molecule has 1 aromatic carbocycles. The third-order valence-corrected chi connectivity index (χ3v) is 2.22. The maximum atomic E-state index is 13.0. The van der Waals surface area contributed by atoms with Gasteiger partial charge in [-0.25, -0.2) is 9.37 Å². The van der Waals surface area contributed by atoms with Crippen molar-refractivity contribution >= 4 is 22.7 Å². The fourth-order valence-electron chi connectivity index (χ4n) is 1.31. The summed E-state index contributed by atoms with van der Waals surface area (Å²) in [6.07, 6.45) is 0. The van der Waals surface area contributed by atoms with Crippen molar-refractivity contribution in [2.45, 2.75) is 6.61 Å². The summed E-state index contributed by atoms with van der Waals surface area (Å²) in [5, 5.41) is 0.201. The Labute approximate surface area is 96.1 Å². The van der Waals surface area contributed by atoms with Crippen molar-refractivity contribution in [3.63, 3.8) is 0 Å². The molecule has 86 valence electrons. The summed E-state index contributed by atoms with van der Waals surface area (Å²) in [5.41, 5.74) is 6.02. The number of aromatic nitrogens is 1. The molecule has 0 unspecified atom stereocenters. The van der Waals surface area contributed by atoms with Crippen LogP contribution in [0.2, 0.25) is 5.02 Å². The molecular formula is C10H10ClFN2O2. The molecule has 0 amide bonds. The van der Waals surface area contributed by atoms with Crippen LogP contribution in [0.1, 0.15) is 5.89 Å². The normalized spacial score (nSPS) is 11.2. The Bertz CT molecular complexity index is 501. The van der Waals surface area contributed by atoms with E-state index in [4.69, 9.17) is 26.5 Å². The van der Waals surface area contributed by atoms with Crippen molar-refractivity contribution < 1.29 is 13.5 Å². The molecule has 0 saturated carbocycles. The quantitative estimate of drug-likeness (QED) is 0.837. The van der Waals surface area contributed by atoms with Gasteiger partial charge >= 0.3 is 0 Å². The number of rotatable bonds is 4. The molecular weight excluding hydrogens is 235 g/mol. The zero-order valence-electron chi connectivity index (χ0n) is 8.37. The number of nitrogens with two attached hydrogens (primary N) is 1. The van der Waals surface area contributed by atoms with E-state index in [1.807, 2.05) is 0 Å². The Morgan fingerprint density at radius 2 is 2.31 bits per heavy atom. The van der Waals surface area contributed by atoms with Crippen LogP contribution in [0.3, 0.4) is 0 Å². The molecule has 2 N–H and O–H groups in total. The van der Waals surface area contributed by atoms with Crippen LogP contribution in [-0.2, 0) is 11.3 Å². The van der Waals surface area contributed by atoms with E-state index in [-0.39, 0.29) is 11.6 Å². The molecule has 2 aromatic rings. The van der Waals surface area contributed by atoms with Crippen LogP contribution >= 0.6 is 11.6 Å². The second-order valence-corrected chi connectivity index (χ2v) is 3.59. The summed E-state index contributed by atoms with van der Waals surface area (Å²) in [5.74, 6) is -0.0869. The van der Waals surface area contributed by atoms with Gasteiger partial charge in [0.25, 0.3) is 0 Å². The van der Waals surface area contributed by atoms with Crippen LogP contribution < -0.4 is 5.73 Å². The van der Waals surface area contributed by atoms with Gasteiger partial charge in [0.15, 0.2) is 5.58 Å². The van der Waals surface area contributed by atoms with E-state index in [1.54, 1.807) is 0 Å². The summed E-state index contributed by atoms with van der Waals surface area (Å²) in [6.45, 7) is 1.04. The van der Waals surface area contributed by atoms with Gasteiger partial charge in [0.2, 0.25) is 5.89 Å². The highest BCUT2D eigenvalue weighted by Crippen LogP contribution is 2.25. The number of hydrogen-bond acceptors (Lipinski definition) is 4. The lowest BCUT2D eigenvalue weighted by molar-refractivity contribution is 0.110. The zero-order chi connectivity index (χ0) is 11.5. The van der Waals surface area contributed by atoms with Gasteiger partial charge in [0.1, 0.15) is 17.9 Å². The van der Waals surface area contributed by atoms with Crippen molar-refractivity contribution in [3.05, 3.63) is 28.9 Å². The van der Waals surface area contributed by atoms with E-state index in [9.17, 15) is 4.39 Å². The van der Waals surface area contributed by atoms with Gasteiger partial charge in [-0.1, -0.05) is 11.6 Å². The Morgan fingerprint density at radius 3 is 3.06 bits per heavy atom. The van der Waals surface area contributed by atoms with E-state index >= 15 is 0 Å². The van der Waals surface area contributed by atoms with Crippen LogP contribution in [-0.4, -0.2) is 18.1 Å². The number of hydrogen-bond donors (Lipinski definition) is 1.